The van der Waals surface area contributed by atoms with Gasteiger partial charge in [0.1, 0.15) is 11.8 Å². The van der Waals surface area contributed by atoms with Crippen molar-refractivity contribution in [2.45, 2.75) is 58.4 Å². The number of nitro benzene ring substituents is 1. The summed E-state index contributed by atoms with van der Waals surface area (Å²) in [7, 11) is 0. The molecule has 0 fully saturated rings. The zero-order valence-corrected chi connectivity index (χ0v) is 17.3. The van der Waals surface area contributed by atoms with Crippen molar-refractivity contribution in [3.63, 3.8) is 0 Å². The normalized spacial score (nSPS) is 14.3. The molecule has 0 saturated carbocycles. The minimum Gasteiger partial charge on any atom is -0.480 e. The minimum absolute atomic E-state index is 0.108. The number of nitrogens with zero attached hydrogens (tertiary/aromatic N) is 1. The van der Waals surface area contributed by atoms with E-state index in [9.17, 15) is 19.5 Å². The lowest BCUT2D eigenvalue weighted by atomic mass is 10.1. The number of hydrogen-bond acceptors (Lipinski definition) is 6. The summed E-state index contributed by atoms with van der Waals surface area (Å²) in [5.74, 6) is -0.387. The third-order valence-electron chi connectivity index (χ3n) is 3.75. The van der Waals surface area contributed by atoms with Crippen LogP contribution in [-0.2, 0) is 9.36 Å². The topological polar surface area (TPSA) is 119 Å². The van der Waals surface area contributed by atoms with Crippen LogP contribution in [0.25, 0.3) is 0 Å². The van der Waals surface area contributed by atoms with E-state index in [1.165, 1.54) is 50.5 Å². The van der Waals surface area contributed by atoms with E-state index in [1.807, 2.05) is 0 Å². The van der Waals surface area contributed by atoms with Gasteiger partial charge < -0.3 is 9.63 Å². The van der Waals surface area contributed by atoms with Gasteiger partial charge in [0, 0.05) is 17.9 Å². The molecule has 0 radical (unpaired) electrons. The molecule has 2 atom stereocenters. The fourth-order valence-corrected chi connectivity index (χ4v) is 6.18. The summed E-state index contributed by atoms with van der Waals surface area (Å²) in [6.45, 7) is 0.00264. The van der Waals surface area contributed by atoms with Gasteiger partial charge in [0.2, 0.25) is 0 Å². The average Bonchev–Trinajstić information content (AvgIpc) is 2.61. The Labute approximate surface area is 163 Å². The quantitative estimate of drug-likeness (QED) is 0.182. The van der Waals surface area contributed by atoms with Gasteiger partial charge in [-0.05, 0) is 36.9 Å². The van der Waals surface area contributed by atoms with Crippen molar-refractivity contribution in [1.82, 2.24) is 5.09 Å². The van der Waals surface area contributed by atoms with Crippen LogP contribution in [0, 0.1) is 10.1 Å². The van der Waals surface area contributed by atoms with Gasteiger partial charge in [0.25, 0.3) is 5.69 Å². The Morgan fingerprint density at radius 1 is 1.26 bits per heavy atom. The first-order valence-corrected chi connectivity index (χ1v) is 12.2. The molecule has 0 aromatic heterocycles. The van der Waals surface area contributed by atoms with Crippen molar-refractivity contribution < 1.29 is 23.9 Å². The molecule has 10 heteroatoms. The number of carboxylic acid groups (broad SMARTS) is 1. The predicted molar refractivity (Wildman–Crippen MR) is 107 cm³/mol. The van der Waals surface area contributed by atoms with Crippen LogP contribution >= 0.6 is 18.1 Å². The van der Waals surface area contributed by atoms with E-state index in [1.54, 1.807) is 0 Å². The summed E-state index contributed by atoms with van der Waals surface area (Å²) in [5.41, 5.74) is -0.108. The molecule has 0 aliphatic carbocycles. The summed E-state index contributed by atoms with van der Waals surface area (Å²) in [6.07, 6.45) is 6.52. The number of aliphatic carboxylic acids is 1. The van der Waals surface area contributed by atoms with Gasteiger partial charge in [0.05, 0.1) is 4.92 Å². The second-order valence-electron chi connectivity index (χ2n) is 6.13. The van der Waals surface area contributed by atoms with E-state index in [0.29, 0.717) is 5.75 Å². The number of carbonyl (C=O) groups is 1. The van der Waals surface area contributed by atoms with Crippen molar-refractivity contribution in [1.29, 1.82) is 0 Å². The third-order valence-corrected chi connectivity index (χ3v) is 7.83. The molecule has 0 bridgehead atoms. The third kappa shape index (κ3) is 9.26. The number of nitrogens with one attached hydrogen (secondary N) is 1. The maximum atomic E-state index is 13.1. The Morgan fingerprint density at radius 3 is 2.41 bits per heavy atom. The minimum atomic E-state index is -3.54. The van der Waals surface area contributed by atoms with Gasteiger partial charge in [-0.1, -0.05) is 39.0 Å². The van der Waals surface area contributed by atoms with E-state index < -0.39 is 23.7 Å². The fraction of sp³-hybridized carbons (Fsp3) is 0.588. The molecule has 1 unspecified atom stereocenters. The highest BCUT2D eigenvalue weighted by atomic mass is 32.7. The Morgan fingerprint density at radius 2 is 1.85 bits per heavy atom. The molecule has 0 aliphatic rings. The Balaban J connectivity index is 2.68. The van der Waals surface area contributed by atoms with Gasteiger partial charge >= 0.3 is 12.7 Å². The molecular weight excluding hydrogens is 391 g/mol. The standard InChI is InChI=1S/C17H27N2O6PS/c1-3-4-5-6-7-8-13-27-26(24,18-14(2)17(20)21)25-16-11-9-15(10-12-16)19(22)23/h9-12,14H,3-8,13H2,1-2H3,(H,18,24)(H,20,21)/t14-,26?/m0/s1. The van der Waals surface area contributed by atoms with Gasteiger partial charge in [-0.2, -0.15) is 0 Å². The van der Waals surface area contributed by atoms with Crippen LogP contribution in [-0.4, -0.2) is 27.8 Å². The lowest BCUT2D eigenvalue weighted by Gasteiger charge is -2.21. The molecule has 1 rings (SSSR count). The molecule has 0 saturated heterocycles. The molecular formula is C17H27N2O6PS. The summed E-state index contributed by atoms with van der Waals surface area (Å²) in [6, 6.07) is 4.15. The monoisotopic (exact) mass is 418 g/mol. The first-order valence-electron chi connectivity index (χ1n) is 8.96. The molecule has 152 valence electrons. The van der Waals surface area contributed by atoms with Crippen molar-refractivity contribution in [3.05, 3.63) is 34.4 Å². The van der Waals surface area contributed by atoms with Crippen molar-refractivity contribution in [2.24, 2.45) is 0 Å². The number of non-ortho nitro benzene ring substituents is 1. The smallest absolute Gasteiger partial charge is 0.375 e. The van der Waals surface area contributed by atoms with Crippen LogP contribution in [0.5, 0.6) is 5.75 Å². The van der Waals surface area contributed by atoms with Gasteiger partial charge in [0.15, 0.2) is 0 Å². The molecule has 1 aromatic carbocycles. The molecule has 0 amide bonds. The second kappa shape index (κ2) is 12.0. The Bertz CT molecular complexity index is 655. The molecule has 0 heterocycles. The van der Waals surface area contributed by atoms with E-state index in [-0.39, 0.29) is 11.4 Å². The molecule has 8 nitrogen and oxygen atoms in total. The largest absolute Gasteiger partial charge is 0.480 e. The first kappa shape index (κ1) is 23.5. The lowest BCUT2D eigenvalue weighted by molar-refractivity contribution is -0.384. The van der Waals surface area contributed by atoms with Crippen molar-refractivity contribution >= 4 is 29.8 Å². The molecule has 0 spiro atoms. The molecule has 1 aromatic rings. The Hall–Kier alpha value is -1.57. The number of hydrogen-bond donors (Lipinski definition) is 2. The zero-order valence-electron chi connectivity index (χ0n) is 15.6. The van der Waals surface area contributed by atoms with Gasteiger partial charge in [-0.3, -0.25) is 14.9 Å². The molecule has 0 aliphatic heterocycles. The van der Waals surface area contributed by atoms with Gasteiger partial charge in [-0.15, -0.1) is 0 Å². The van der Waals surface area contributed by atoms with E-state index in [4.69, 9.17) is 9.63 Å². The summed E-state index contributed by atoms with van der Waals surface area (Å²) >= 11 is 1.06. The van der Waals surface area contributed by atoms with Crippen LogP contribution in [0.3, 0.4) is 0 Å². The van der Waals surface area contributed by atoms with E-state index in [0.717, 1.165) is 30.6 Å². The highest BCUT2D eigenvalue weighted by molar-refractivity contribution is 8.56. The summed E-state index contributed by atoms with van der Waals surface area (Å²) in [4.78, 5) is 21.3. The molecule has 27 heavy (non-hydrogen) atoms. The number of carboxylic acids is 1. The SMILES string of the molecule is CCCCCCCCSP(=O)(N[C@@H](C)C(=O)O)Oc1ccc([N+](=O)[O-])cc1. The van der Waals surface area contributed by atoms with Crippen LogP contribution in [0.4, 0.5) is 5.69 Å². The number of benzene rings is 1. The van der Waals surface area contributed by atoms with Crippen LogP contribution in [0.15, 0.2) is 24.3 Å². The molecule has 2 N–H and O–H groups in total. The highest BCUT2D eigenvalue weighted by Crippen LogP contribution is 2.56. The summed E-state index contributed by atoms with van der Waals surface area (Å²) in [5, 5.41) is 22.3. The second-order valence-corrected chi connectivity index (χ2v) is 10.4. The highest BCUT2D eigenvalue weighted by Gasteiger charge is 2.30. The van der Waals surface area contributed by atoms with Crippen molar-refractivity contribution in [2.75, 3.05) is 5.75 Å². The number of rotatable bonds is 14. The number of nitro groups is 1. The van der Waals surface area contributed by atoms with Crippen molar-refractivity contribution in [3.8, 4) is 5.75 Å². The maximum Gasteiger partial charge on any atom is 0.375 e. The van der Waals surface area contributed by atoms with Crippen LogP contribution < -0.4 is 9.61 Å². The number of unbranched alkanes of at least 4 members (excludes halogenated alkanes) is 5. The van der Waals surface area contributed by atoms with Gasteiger partial charge in [-0.25, -0.2) is 9.65 Å². The fourth-order valence-electron chi connectivity index (χ4n) is 2.22. The first-order chi connectivity index (χ1) is 12.8. The maximum absolute atomic E-state index is 13.1. The predicted octanol–water partition coefficient (Wildman–Crippen LogP) is 5.24. The summed E-state index contributed by atoms with van der Waals surface area (Å²) < 4.78 is 18.6. The van der Waals surface area contributed by atoms with E-state index in [2.05, 4.69) is 12.0 Å². The van der Waals surface area contributed by atoms with Crippen LogP contribution in [0.2, 0.25) is 0 Å². The van der Waals surface area contributed by atoms with Crippen LogP contribution in [0.1, 0.15) is 52.4 Å². The Kier molecular flexibility index (Phi) is 10.4. The average molecular weight is 418 g/mol. The zero-order chi connectivity index (χ0) is 20.3. The lowest BCUT2D eigenvalue weighted by Crippen LogP contribution is -2.31. The van der Waals surface area contributed by atoms with E-state index >= 15 is 0 Å².